The molecule has 0 fully saturated rings. The molecule has 0 aliphatic carbocycles. The maximum Gasteiger partial charge on any atom is 0.261 e. The van der Waals surface area contributed by atoms with Crippen LogP contribution >= 0.6 is 0 Å². The highest BCUT2D eigenvalue weighted by Crippen LogP contribution is 2.22. The topological polar surface area (TPSA) is 72.2 Å². The molecule has 0 saturated heterocycles. The summed E-state index contributed by atoms with van der Waals surface area (Å²) in [6.07, 6.45) is 0. The molecular formula is C14H15FN2O2S. The lowest BCUT2D eigenvalue weighted by Gasteiger charge is -2.11. The van der Waals surface area contributed by atoms with Crippen LogP contribution in [0, 0.1) is 19.7 Å². The van der Waals surface area contributed by atoms with Gasteiger partial charge in [0.2, 0.25) is 0 Å². The van der Waals surface area contributed by atoms with E-state index < -0.39 is 15.8 Å². The van der Waals surface area contributed by atoms with E-state index in [1.807, 2.05) is 0 Å². The summed E-state index contributed by atoms with van der Waals surface area (Å²) in [5.41, 5.74) is 7.74. The van der Waals surface area contributed by atoms with Gasteiger partial charge in [0.15, 0.2) is 0 Å². The minimum atomic E-state index is -3.72. The van der Waals surface area contributed by atoms with E-state index in [0.717, 1.165) is 0 Å². The standard InChI is InChI=1S/C14H15FN2O2S/c1-9-8-12(4-5-13(9)16)20(18,19)17-14-6-3-11(15)7-10(14)2/h3-8,17H,16H2,1-2H3. The Morgan fingerprint density at radius 3 is 2.35 bits per heavy atom. The Kier molecular flexibility index (Phi) is 3.67. The number of nitrogen functional groups attached to an aromatic ring is 1. The van der Waals surface area contributed by atoms with Gasteiger partial charge >= 0.3 is 0 Å². The fourth-order valence-corrected chi connectivity index (χ4v) is 2.98. The van der Waals surface area contributed by atoms with Gasteiger partial charge in [-0.15, -0.1) is 0 Å². The first-order valence-electron chi connectivity index (χ1n) is 5.95. The predicted octanol–water partition coefficient (Wildman–Crippen LogP) is 2.83. The first-order valence-corrected chi connectivity index (χ1v) is 7.43. The van der Waals surface area contributed by atoms with Crippen molar-refractivity contribution in [1.82, 2.24) is 0 Å². The normalized spacial score (nSPS) is 11.3. The Morgan fingerprint density at radius 2 is 1.75 bits per heavy atom. The van der Waals surface area contributed by atoms with E-state index in [2.05, 4.69) is 4.72 Å². The molecule has 0 amide bonds. The SMILES string of the molecule is Cc1cc(S(=O)(=O)Nc2ccc(F)cc2C)ccc1N. The number of hydrogen-bond donors (Lipinski definition) is 2. The van der Waals surface area contributed by atoms with Crippen LogP contribution in [0.15, 0.2) is 41.3 Å². The zero-order valence-electron chi connectivity index (χ0n) is 11.1. The number of benzene rings is 2. The van der Waals surface area contributed by atoms with Crippen molar-refractivity contribution in [2.45, 2.75) is 18.7 Å². The van der Waals surface area contributed by atoms with Crippen LogP contribution in [0.5, 0.6) is 0 Å². The molecule has 2 aromatic rings. The number of anilines is 2. The third-order valence-corrected chi connectivity index (χ3v) is 4.35. The average Bonchev–Trinajstić information content (AvgIpc) is 2.36. The van der Waals surface area contributed by atoms with Gasteiger partial charge in [0.1, 0.15) is 5.82 Å². The second-order valence-electron chi connectivity index (χ2n) is 4.58. The second kappa shape index (κ2) is 5.13. The molecule has 6 heteroatoms. The van der Waals surface area contributed by atoms with E-state index in [9.17, 15) is 12.8 Å². The predicted molar refractivity (Wildman–Crippen MR) is 77.5 cm³/mol. The summed E-state index contributed by atoms with van der Waals surface area (Å²) in [6.45, 7) is 3.37. The van der Waals surface area contributed by atoms with Crippen molar-refractivity contribution in [3.63, 3.8) is 0 Å². The summed E-state index contributed by atoms with van der Waals surface area (Å²) in [5, 5.41) is 0. The van der Waals surface area contributed by atoms with Gasteiger partial charge in [0, 0.05) is 5.69 Å². The molecule has 4 nitrogen and oxygen atoms in total. The fourth-order valence-electron chi connectivity index (χ4n) is 1.76. The van der Waals surface area contributed by atoms with Gasteiger partial charge < -0.3 is 5.73 Å². The quantitative estimate of drug-likeness (QED) is 0.855. The van der Waals surface area contributed by atoms with Crippen molar-refractivity contribution in [2.24, 2.45) is 0 Å². The minimum Gasteiger partial charge on any atom is -0.399 e. The van der Waals surface area contributed by atoms with Gasteiger partial charge in [-0.2, -0.15) is 0 Å². The second-order valence-corrected chi connectivity index (χ2v) is 6.27. The summed E-state index contributed by atoms with van der Waals surface area (Å²) < 4.78 is 40.0. The van der Waals surface area contributed by atoms with Gasteiger partial charge in [-0.05, 0) is 61.4 Å². The van der Waals surface area contributed by atoms with Gasteiger partial charge in [-0.1, -0.05) is 0 Å². The summed E-state index contributed by atoms with van der Waals surface area (Å²) in [4.78, 5) is 0.118. The van der Waals surface area contributed by atoms with Crippen LogP contribution in [-0.2, 0) is 10.0 Å². The number of nitrogens with one attached hydrogen (secondary N) is 1. The van der Waals surface area contributed by atoms with Crippen LogP contribution in [0.3, 0.4) is 0 Å². The number of sulfonamides is 1. The Hall–Kier alpha value is -2.08. The highest BCUT2D eigenvalue weighted by molar-refractivity contribution is 7.92. The van der Waals surface area contributed by atoms with Crippen LogP contribution in [0.1, 0.15) is 11.1 Å². The number of halogens is 1. The zero-order chi connectivity index (χ0) is 14.9. The Balaban J connectivity index is 2.38. The maximum atomic E-state index is 13.0. The molecule has 0 bridgehead atoms. The average molecular weight is 294 g/mol. The molecule has 3 N–H and O–H groups in total. The van der Waals surface area contributed by atoms with E-state index in [-0.39, 0.29) is 4.90 Å². The van der Waals surface area contributed by atoms with Crippen molar-refractivity contribution < 1.29 is 12.8 Å². The highest BCUT2D eigenvalue weighted by atomic mass is 32.2. The lowest BCUT2D eigenvalue weighted by molar-refractivity contribution is 0.601. The number of aryl methyl sites for hydroxylation is 2. The number of nitrogens with two attached hydrogens (primary N) is 1. The lowest BCUT2D eigenvalue weighted by Crippen LogP contribution is -2.14. The van der Waals surface area contributed by atoms with E-state index in [1.165, 1.54) is 30.3 Å². The van der Waals surface area contributed by atoms with Crippen LogP contribution in [0.4, 0.5) is 15.8 Å². The van der Waals surface area contributed by atoms with Crippen molar-refractivity contribution in [2.75, 3.05) is 10.5 Å². The zero-order valence-corrected chi connectivity index (χ0v) is 12.0. The van der Waals surface area contributed by atoms with Crippen LogP contribution < -0.4 is 10.5 Å². The van der Waals surface area contributed by atoms with Crippen LogP contribution in [-0.4, -0.2) is 8.42 Å². The smallest absolute Gasteiger partial charge is 0.261 e. The summed E-state index contributed by atoms with van der Waals surface area (Å²) in [5.74, 6) is -0.409. The summed E-state index contributed by atoms with van der Waals surface area (Å²) in [7, 11) is -3.72. The molecule has 2 aromatic carbocycles. The van der Waals surface area contributed by atoms with E-state index in [1.54, 1.807) is 19.9 Å². The van der Waals surface area contributed by atoms with Crippen molar-refractivity contribution in [3.8, 4) is 0 Å². The summed E-state index contributed by atoms with van der Waals surface area (Å²) in [6, 6.07) is 8.35. The molecule has 2 rings (SSSR count). The van der Waals surface area contributed by atoms with Crippen molar-refractivity contribution >= 4 is 21.4 Å². The molecule has 0 saturated carbocycles. The monoisotopic (exact) mass is 294 g/mol. The lowest BCUT2D eigenvalue weighted by atomic mass is 10.2. The van der Waals surface area contributed by atoms with Gasteiger partial charge in [-0.3, -0.25) is 4.72 Å². The minimum absolute atomic E-state index is 0.118. The van der Waals surface area contributed by atoms with E-state index in [4.69, 9.17) is 5.73 Å². The largest absolute Gasteiger partial charge is 0.399 e. The van der Waals surface area contributed by atoms with Gasteiger partial charge in [0.05, 0.1) is 10.6 Å². The van der Waals surface area contributed by atoms with Gasteiger partial charge in [-0.25, -0.2) is 12.8 Å². The van der Waals surface area contributed by atoms with E-state index in [0.29, 0.717) is 22.5 Å². The molecule has 106 valence electrons. The molecule has 0 radical (unpaired) electrons. The Bertz CT molecular complexity index is 758. The summed E-state index contributed by atoms with van der Waals surface area (Å²) >= 11 is 0. The van der Waals surface area contributed by atoms with Gasteiger partial charge in [0.25, 0.3) is 10.0 Å². The van der Waals surface area contributed by atoms with Crippen LogP contribution in [0.25, 0.3) is 0 Å². The third kappa shape index (κ3) is 2.91. The molecule has 0 aromatic heterocycles. The number of rotatable bonds is 3. The molecule has 0 spiro atoms. The molecule has 0 heterocycles. The molecule has 20 heavy (non-hydrogen) atoms. The van der Waals surface area contributed by atoms with E-state index >= 15 is 0 Å². The molecule has 0 unspecified atom stereocenters. The van der Waals surface area contributed by atoms with Crippen LogP contribution in [0.2, 0.25) is 0 Å². The fraction of sp³-hybridized carbons (Fsp3) is 0.143. The Labute approximate surface area is 117 Å². The highest BCUT2D eigenvalue weighted by Gasteiger charge is 2.16. The van der Waals surface area contributed by atoms with Crippen molar-refractivity contribution in [1.29, 1.82) is 0 Å². The Morgan fingerprint density at radius 1 is 1.05 bits per heavy atom. The first kappa shape index (κ1) is 14.3. The molecule has 0 aliphatic heterocycles. The third-order valence-electron chi connectivity index (χ3n) is 2.98. The first-order chi connectivity index (χ1) is 9.29. The molecule has 0 aliphatic rings. The van der Waals surface area contributed by atoms with Crippen molar-refractivity contribution in [3.05, 3.63) is 53.3 Å². The molecular weight excluding hydrogens is 279 g/mol. The molecule has 0 atom stereocenters. The number of hydrogen-bond acceptors (Lipinski definition) is 3. The maximum absolute atomic E-state index is 13.0.